The van der Waals surface area contributed by atoms with Gasteiger partial charge in [-0.2, -0.15) is 5.26 Å². The van der Waals surface area contributed by atoms with Crippen molar-refractivity contribution in [3.63, 3.8) is 0 Å². The van der Waals surface area contributed by atoms with E-state index in [2.05, 4.69) is 21.6 Å². The summed E-state index contributed by atoms with van der Waals surface area (Å²) >= 11 is 2.68. The molecule has 0 saturated carbocycles. The van der Waals surface area contributed by atoms with Crippen LogP contribution in [0.25, 0.3) is 0 Å². The van der Waals surface area contributed by atoms with Crippen LogP contribution in [0, 0.1) is 11.3 Å². The normalized spacial score (nSPS) is 15.1. The molecule has 122 valence electrons. The summed E-state index contributed by atoms with van der Waals surface area (Å²) in [5.74, 6) is -0.104. The third-order valence-corrected chi connectivity index (χ3v) is 5.67. The lowest BCUT2D eigenvalue weighted by molar-refractivity contribution is -0.112. The van der Waals surface area contributed by atoms with Gasteiger partial charge in [-0.15, -0.1) is 5.10 Å². The number of carbonyl (C=O) groups is 1. The zero-order chi connectivity index (χ0) is 17.1. The maximum absolute atomic E-state index is 12.5. The molecule has 2 aromatic rings. The summed E-state index contributed by atoms with van der Waals surface area (Å²) in [6.45, 7) is 2.55. The third kappa shape index (κ3) is 3.02. The fraction of sp³-hybridized carbons (Fsp3) is 0.267. The van der Waals surface area contributed by atoms with Crippen LogP contribution >= 0.6 is 23.5 Å². The van der Waals surface area contributed by atoms with Gasteiger partial charge in [0.05, 0.1) is 11.4 Å². The molecule has 2 heterocycles. The first-order valence-electron chi connectivity index (χ1n) is 7.22. The Hall–Kier alpha value is -2.31. The Kier molecular flexibility index (Phi) is 4.87. The van der Waals surface area contributed by atoms with Gasteiger partial charge in [-0.05, 0) is 29.5 Å². The third-order valence-electron chi connectivity index (χ3n) is 3.47. The Bertz CT molecular complexity index is 854. The maximum Gasteiger partial charge on any atom is 0.209 e. The number of ketones is 1. The number of hydrogen-bond acceptors (Lipinski definition) is 8. The average molecular weight is 358 g/mol. The van der Waals surface area contributed by atoms with Crippen LogP contribution in [0.15, 0.2) is 44.9 Å². The van der Waals surface area contributed by atoms with Crippen LogP contribution in [0.4, 0.5) is 5.69 Å². The molecule has 0 amide bonds. The molecule has 7 nitrogen and oxygen atoms in total. The first-order valence-corrected chi connectivity index (χ1v) is 9.03. The van der Waals surface area contributed by atoms with Crippen LogP contribution in [0.5, 0.6) is 0 Å². The van der Waals surface area contributed by atoms with Crippen LogP contribution in [0.2, 0.25) is 0 Å². The van der Waals surface area contributed by atoms with Crippen LogP contribution < -0.4 is 4.90 Å². The Morgan fingerprint density at radius 2 is 2.21 bits per heavy atom. The maximum atomic E-state index is 12.5. The van der Waals surface area contributed by atoms with Gasteiger partial charge in [0.2, 0.25) is 5.16 Å². The Morgan fingerprint density at radius 1 is 1.42 bits per heavy atom. The van der Waals surface area contributed by atoms with E-state index in [1.807, 2.05) is 43.1 Å². The largest absolute Gasteiger partial charge is 0.337 e. The average Bonchev–Trinajstić information content (AvgIpc) is 3.19. The van der Waals surface area contributed by atoms with Crippen molar-refractivity contribution < 1.29 is 4.79 Å². The van der Waals surface area contributed by atoms with E-state index < -0.39 is 0 Å². The molecule has 24 heavy (non-hydrogen) atoms. The van der Waals surface area contributed by atoms with Gasteiger partial charge in [0.15, 0.2) is 5.78 Å². The summed E-state index contributed by atoms with van der Waals surface area (Å²) in [5.41, 5.74) is 1.17. The van der Waals surface area contributed by atoms with E-state index in [0.29, 0.717) is 16.7 Å². The number of fused-ring (bicyclic) bond motifs is 1. The van der Waals surface area contributed by atoms with Crippen molar-refractivity contribution >= 4 is 35.0 Å². The molecule has 0 N–H and O–H groups in total. The molecule has 1 aromatic heterocycles. The number of thioether (sulfide) groups is 2. The number of aryl methyl sites for hydroxylation is 1. The summed E-state index contributed by atoms with van der Waals surface area (Å²) in [4.78, 5) is 15.5. The van der Waals surface area contributed by atoms with E-state index >= 15 is 0 Å². The first kappa shape index (κ1) is 16.5. The molecule has 9 heteroatoms. The molecule has 0 bridgehead atoms. The predicted octanol–water partition coefficient (Wildman–Crippen LogP) is 2.33. The number of rotatable bonds is 5. The summed E-state index contributed by atoms with van der Waals surface area (Å²) in [5, 5.41) is 22.0. The highest BCUT2D eigenvalue weighted by Gasteiger charge is 2.28. The van der Waals surface area contributed by atoms with Gasteiger partial charge in [-0.25, -0.2) is 4.68 Å². The van der Waals surface area contributed by atoms with Gasteiger partial charge >= 0.3 is 0 Å². The number of allylic oxidation sites excluding steroid dienone is 1. The lowest BCUT2D eigenvalue weighted by atomic mass is 10.2. The van der Waals surface area contributed by atoms with E-state index in [-0.39, 0.29) is 17.1 Å². The minimum atomic E-state index is -0.227. The highest BCUT2D eigenvalue weighted by molar-refractivity contribution is 8.03. The number of para-hydroxylation sites is 1. The van der Waals surface area contributed by atoms with Crippen LogP contribution in [0.1, 0.15) is 6.92 Å². The second-order valence-electron chi connectivity index (χ2n) is 4.91. The van der Waals surface area contributed by atoms with Gasteiger partial charge in [0.1, 0.15) is 16.7 Å². The van der Waals surface area contributed by atoms with E-state index in [1.165, 1.54) is 23.5 Å². The van der Waals surface area contributed by atoms with Crippen LogP contribution in [0.3, 0.4) is 0 Å². The summed E-state index contributed by atoms with van der Waals surface area (Å²) in [7, 11) is 1.86. The summed E-state index contributed by atoms with van der Waals surface area (Å²) < 4.78 is 1.61. The molecular formula is C15H14N6OS2. The topological polar surface area (TPSA) is 87.7 Å². The molecule has 1 aliphatic rings. The fourth-order valence-electron chi connectivity index (χ4n) is 2.25. The molecule has 0 aliphatic carbocycles. The van der Waals surface area contributed by atoms with Gasteiger partial charge in [-0.3, -0.25) is 4.79 Å². The monoisotopic (exact) mass is 358 g/mol. The zero-order valence-electron chi connectivity index (χ0n) is 13.1. The Morgan fingerprint density at radius 3 is 2.92 bits per heavy atom. The van der Waals surface area contributed by atoms with Crippen molar-refractivity contribution in [2.24, 2.45) is 0 Å². The van der Waals surface area contributed by atoms with Gasteiger partial charge in [-0.1, -0.05) is 35.7 Å². The van der Waals surface area contributed by atoms with Gasteiger partial charge in [0, 0.05) is 18.5 Å². The molecule has 0 spiro atoms. The van der Waals surface area contributed by atoms with Gasteiger partial charge < -0.3 is 4.90 Å². The Labute approximate surface area is 147 Å². The molecule has 0 atom stereocenters. The summed E-state index contributed by atoms with van der Waals surface area (Å²) in [6.07, 6.45) is 0. The van der Waals surface area contributed by atoms with E-state index in [1.54, 1.807) is 4.68 Å². The van der Waals surface area contributed by atoms with Crippen molar-refractivity contribution in [3.8, 4) is 6.07 Å². The number of anilines is 1. The predicted molar refractivity (Wildman–Crippen MR) is 92.6 cm³/mol. The minimum absolute atomic E-state index is 0.123. The highest BCUT2D eigenvalue weighted by atomic mass is 32.2. The van der Waals surface area contributed by atoms with Crippen LogP contribution in [-0.2, 0) is 11.3 Å². The number of nitrogens with zero attached hydrogens (tertiary/aromatic N) is 6. The molecule has 0 radical (unpaired) electrons. The van der Waals surface area contributed by atoms with Crippen molar-refractivity contribution in [2.45, 2.75) is 23.5 Å². The van der Waals surface area contributed by atoms with Crippen molar-refractivity contribution in [2.75, 3.05) is 17.7 Å². The molecule has 0 unspecified atom stereocenters. The van der Waals surface area contributed by atoms with E-state index in [4.69, 9.17) is 0 Å². The lowest BCUT2D eigenvalue weighted by Gasteiger charge is -2.14. The molecule has 1 aromatic carbocycles. The van der Waals surface area contributed by atoms with Crippen molar-refractivity contribution in [1.29, 1.82) is 5.26 Å². The first-order chi connectivity index (χ1) is 11.7. The van der Waals surface area contributed by atoms with Crippen LogP contribution in [-0.4, -0.2) is 38.8 Å². The molecule has 0 saturated heterocycles. The quantitative estimate of drug-likeness (QED) is 0.457. The second-order valence-corrected chi connectivity index (χ2v) is 6.88. The second kappa shape index (κ2) is 7.07. The molecule has 1 aliphatic heterocycles. The number of carbonyl (C=O) groups excluding carboxylic acids is 1. The molecule has 3 rings (SSSR count). The van der Waals surface area contributed by atoms with E-state index in [0.717, 1.165) is 10.6 Å². The zero-order valence-corrected chi connectivity index (χ0v) is 14.8. The van der Waals surface area contributed by atoms with E-state index in [9.17, 15) is 10.1 Å². The van der Waals surface area contributed by atoms with Crippen molar-refractivity contribution in [3.05, 3.63) is 34.9 Å². The molecular weight excluding hydrogens is 344 g/mol. The van der Waals surface area contributed by atoms with Gasteiger partial charge in [0.25, 0.3) is 0 Å². The van der Waals surface area contributed by atoms with Crippen molar-refractivity contribution in [1.82, 2.24) is 20.2 Å². The smallest absolute Gasteiger partial charge is 0.209 e. The number of Topliss-reactive ketones (excluding diaryl/α,β-unsaturated/α-hetero) is 1. The number of aromatic nitrogens is 4. The Balaban J connectivity index is 1.80. The fourth-order valence-corrected chi connectivity index (χ4v) is 4.23. The lowest BCUT2D eigenvalue weighted by Crippen LogP contribution is -2.16. The number of tetrazole rings is 1. The number of nitriles is 1. The number of benzene rings is 1. The molecule has 0 fully saturated rings. The standard InChI is InChI=1S/C15H14N6OS2/c1-3-21-15(17-18-19-21)23-9-12(22)10(8-16)14-20(2)11-6-4-5-7-13(11)24-14/h4-7H,3,9H2,1-2H3. The summed E-state index contributed by atoms with van der Waals surface area (Å²) in [6, 6.07) is 9.89. The highest BCUT2D eigenvalue weighted by Crippen LogP contribution is 2.46. The minimum Gasteiger partial charge on any atom is -0.337 e. The SMILES string of the molecule is CCn1nnnc1SCC(=O)C(C#N)=C1Sc2ccccc2N1C. The number of hydrogen-bond donors (Lipinski definition) is 0.